The monoisotopic (exact) mass is 401 g/mol. The van der Waals surface area contributed by atoms with Crippen LogP contribution in [-0.4, -0.2) is 13.8 Å². The van der Waals surface area contributed by atoms with E-state index >= 15 is 0 Å². The molecule has 0 unspecified atom stereocenters. The molecule has 0 N–H and O–H groups in total. The van der Waals surface area contributed by atoms with E-state index in [0.29, 0.717) is 0 Å². The van der Waals surface area contributed by atoms with Crippen molar-refractivity contribution in [1.29, 1.82) is 0 Å². The molecule has 3 aromatic carbocycles. The molecule has 0 radical (unpaired) electrons. The van der Waals surface area contributed by atoms with Gasteiger partial charge in [-0.2, -0.15) is 0 Å². The van der Waals surface area contributed by atoms with Crippen molar-refractivity contribution in [3.63, 3.8) is 0 Å². The number of rotatable bonds is 1. The van der Waals surface area contributed by atoms with Crippen molar-refractivity contribution >= 4 is 54.8 Å². The lowest BCUT2D eigenvalue weighted by atomic mass is 9.88. The molecule has 7 rings (SSSR count). The fourth-order valence-electron chi connectivity index (χ4n) is 5.53. The molecule has 0 saturated heterocycles. The van der Waals surface area contributed by atoms with Crippen LogP contribution in [0.4, 0.5) is 0 Å². The van der Waals surface area contributed by atoms with Gasteiger partial charge in [0, 0.05) is 27.7 Å². The van der Waals surface area contributed by atoms with Gasteiger partial charge in [0.25, 0.3) is 0 Å². The molecule has 0 spiro atoms. The van der Waals surface area contributed by atoms with Gasteiger partial charge in [0.05, 0.1) is 27.6 Å². The van der Waals surface area contributed by atoms with Gasteiger partial charge in [0.15, 0.2) is 5.65 Å². The van der Waals surface area contributed by atoms with Gasteiger partial charge in [-0.1, -0.05) is 63.2 Å². The Morgan fingerprint density at radius 2 is 1.42 bits per heavy atom. The quantitative estimate of drug-likeness (QED) is 0.266. The summed E-state index contributed by atoms with van der Waals surface area (Å²) in [6.07, 6.45) is 3.01. The van der Waals surface area contributed by atoms with E-state index in [-0.39, 0.29) is 5.41 Å². The first-order valence-corrected chi connectivity index (χ1v) is 11.0. The number of pyridine rings is 1. The summed E-state index contributed by atoms with van der Waals surface area (Å²) in [5.74, 6) is 0. The van der Waals surface area contributed by atoms with E-state index < -0.39 is 0 Å². The molecule has 3 heteroatoms. The summed E-state index contributed by atoms with van der Waals surface area (Å²) in [7, 11) is 0. The van der Waals surface area contributed by atoms with Crippen molar-refractivity contribution in [2.24, 2.45) is 5.41 Å². The molecule has 0 amide bonds. The van der Waals surface area contributed by atoms with Crippen LogP contribution in [-0.2, 0) is 6.42 Å². The molecule has 0 atom stereocenters. The summed E-state index contributed by atoms with van der Waals surface area (Å²) < 4.78 is 4.80. The first-order chi connectivity index (χ1) is 15.0. The maximum absolute atomic E-state index is 4.90. The fourth-order valence-corrected chi connectivity index (χ4v) is 5.53. The van der Waals surface area contributed by atoms with Crippen LogP contribution in [0.3, 0.4) is 0 Å². The van der Waals surface area contributed by atoms with Crippen LogP contribution in [0.1, 0.15) is 26.3 Å². The number of fused-ring (bicyclic) bond motifs is 8. The Morgan fingerprint density at radius 1 is 0.677 bits per heavy atom. The summed E-state index contributed by atoms with van der Waals surface area (Å²) >= 11 is 0. The van der Waals surface area contributed by atoms with Crippen molar-refractivity contribution in [3.8, 4) is 0 Å². The van der Waals surface area contributed by atoms with Gasteiger partial charge in [0.1, 0.15) is 0 Å². The van der Waals surface area contributed by atoms with Crippen molar-refractivity contribution in [1.82, 2.24) is 13.8 Å². The molecule has 4 heterocycles. The molecular weight excluding hydrogens is 378 g/mol. The number of nitrogens with zero attached hydrogens (tertiary/aromatic N) is 3. The minimum Gasteiger partial charge on any atom is -0.304 e. The van der Waals surface area contributed by atoms with Gasteiger partial charge < -0.3 is 4.40 Å². The molecule has 0 saturated carbocycles. The number of aromatic nitrogens is 3. The average molecular weight is 402 g/mol. The minimum absolute atomic E-state index is 0.251. The van der Waals surface area contributed by atoms with Crippen molar-refractivity contribution in [2.75, 3.05) is 0 Å². The van der Waals surface area contributed by atoms with E-state index in [4.69, 9.17) is 4.98 Å². The van der Waals surface area contributed by atoms with Crippen molar-refractivity contribution in [2.45, 2.75) is 27.2 Å². The largest absolute Gasteiger partial charge is 0.304 e. The van der Waals surface area contributed by atoms with Crippen LogP contribution < -0.4 is 0 Å². The summed E-state index contributed by atoms with van der Waals surface area (Å²) in [4.78, 5) is 4.90. The van der Waals surface area contributed by atoms with E-state index in [1.165, 1.54) is 54.7 Å². The zero-order valence-corrected chi connectivity index (χ0v) is 18.0. The summed E-state index contributed by atoms with van der Waals surface area (Å²) in [6.45, 7) is 6.91. The molecule has 4 aromatic heterocycles. The molecule has 31 heavy (non-hydrogen) atoms. The molecule has 0 fully saturated rings. The van der Waals surface area contributed by atoms with Crippen LogP contribution in [0.15, 0.2) is 72.9 Å². The summed E-state index contributed by atoms with van der Waals surface area (Å²) in [5.41, 5.74) is 8.83. The Balaban J connectivity index is 1.78. The standard InChI is InChI=1S/C28H23N3/c1-28(2,3)16-17-11-12-19-21-13-14-29-27-26(21)30(24(19)15-17)23-10-6-8-20-18-7-4-5-9-22(18)31(27)25(20)23/h4-15H,16H2,1-3H3. The number of para-hydroxylation sites is 2. The van der Waals surface area contributed by atoms with Gasteiger partial charge in [0.2, 0.25) is 0 Å². The number of hydrogen-bond donors (Lipinski definition) is 0. The van der Waals surface area contributed by atoms with Crippen molar-refractivity contribution in [3.05, 3.63) is 78.5 Å². The third-order valence-corrected chi connectivity index (χ3v) is 6.58. The highest BCUT2D eigenvalue weighted by molar-refractivity contribution is 6.20. The van der Waals surface area contributed by atoms with Crippen LogP contribution in [0, 0.1) is 5.41 Å². The van der Waals surface area contributed by atoms with E-state index in [2.05, 4.69) is 96.3 Å². The zero-order chi connectivity index (χ0) is 20.9. The van der Waals surface area contributed by atoms with E-state index in [0.717, 1.165) is 12.1 Å². The average Bonchev–Trinajstić information content (AvgIpc) is 3.26. The highest BCUT2D eigenvalue weighted by atomic mass is 15.1. The van der Waals surface area contributed by atoms with Crippen LogP contribution >= 0.6 is 0 Å². The van der Waals surface area contributed by atoms with Crippen molar-refractivity contribution < 1.29 is 0 Å². The third-order valence-electron chi connectivity index (χ3n) is 6.58. The Kier molecular flexibility index (Phi) is 3.07. The first kappa shape index (κ1) is 17.1. The molecule has 7 aromatic rings. The highest BCUT2D eigenvalue weighted by Crippen LogP contribution is 2.40. The maximum Gasteiger partial charge on any atom is 0.162 e. The molecule has 0 bridgehead atoms. The lowest BCUT2D eigenvalue weighted by Gasteiger charge is -2.18. The SMILES string of the molecule is CC(C)(C)Cc1ccc2c3ccnc4c3n(c2c1)c1cccc2c3ccccc3n4c21. The lowest BCUT2D eigenvalue weighted by molar-refractivity contribution is 0.411. The lowest BCUT2D eigenvalue weighted by Crippen LogP contribution is -2.09. The highest BCUT2D eigenvalue weighted by Gasteiger charge is 2.21. The van der Waals surface area contributed by atoms with E-state index in [9.17, 15) is 0 Å². The molecule has 0 aliphatic heterocycles. The fraction of sp³-hybridized carbons (Fsp3) is 0.179. The second kappa shape index (κ2) is 5.55. The van der Waals surface area contributed by atoms with E-state index in [1.54, 1.807) is 0 Å². The first-order valence-electron chi connectivity index (χ1n) is 11.0. The van der Waals surface area contributed by atoms with Gasteiger partial charge in [-0.15, -0.1) is 0 Å². The third kappa shape index (κ3) is 2.16. The Bertz CT molecular complexity index is 1790. The molecule has 3 nitrogen and oxygen atoms in total. The zero-order valence-electron chi connectivity index (χ0n) is 18.0. The van der Waals surface area contributed by atoms with E-state index in [1.807, 2.05) is 6.20 Å². The normalized spacial score (nSPS) is 13.1. The van der Waals surface area contributed by atoms with Gasteiger partial charge in [-0.3, -0.25) is 4.40 Å². The molecule has 150 valence electrons. The Hall–Kier alpha value is -3.59. The summed E-state index contributed by atoms with van der Waals surface area (Å²) in [5, 5.41) is 5.12. The van der Waals surface area contributed by atoms with Crippen LogP contribution in [0.5, 0.6) is 0 Å². The van der Waals surface area contributed by atoms with Crippen LogP contribution in [0.25, 0.3) is 54.8 Å². The Morgan fingerprint density at radius 3 is 2.29 bits per heavy atom. The second-order valence-electron chi connectivity index (χ2n) is 9.98. The predicted octanol–water partition coefficient (Wildman–Crippen LogP) is 7.23. The predicted molar refractivity (Wildman–Crippen MR) is 131 cm³/mol. The number of hydrogen-bond acceptors (Lipinski definition) is 1. The smallest absolute Gasteiger partial charge is 0.162 e. The van der Waals surface area contributed by atoms with Gasteiger partial charge in [-0.25, -0.2) is 4.98 Å². The Labute approximate surface area is 179 Å². The minimum atomic E-state index is 0.251. The molecule has 0 aliphatic carbocycles. The second-order valence-corrected chi connectivity index (χ2v) is 9.98. The number of benzene rings is 3. The maximum atomic E-state index is 4.90. The van der Waals surface area contributed by atoms with Gasteiger partial charge >= 0.3 is 0 Å². The van der Waals surface area contributed by atoms with Gasteiger partial charge in [-0.05, 0) is 41.7 Å². The topological polar surface area (TPSA) is 21.7 Å². The molecule has 0 aliphatic rings. The summed E-state index contributed by atoms with van der Waals surface area (Å²) in [6, 6.07) is 24.5. The van der Waals surface area contributed by atoms with Crippen LogP contribution in [0.2, 0.25) is 0 Å². The molecular formula is C28H23N3.